The maximum Gasteiger partial charge on any atom is 0.133 e. The maximum absolute atomic E-state index is 13.4. The van der Waals surface area contributed by atoms with Gasteiger partial charge in [-0.2, -0.15) is 5.10 Å². The van der Waals surface area contributed by atoms with Gasteiger partial charge in [-0.3, -0.25) is 5.10 Å². The first-order valence-electron chi connectivity index (χ1n) is 4.17. The highest BCUT2D eigenvalue weighted by molar-refractivity contribution is 7.71. The van der Waals surface area contributed by atoms with E-state index in [1.165, 1.54) is 18.3 Å². The maximum atomic E-state index is 13.4. The molecule has 0 fully saturated rings. The number of rotatable bonds is 1. The van der Waals surface area contributed by atoms with E-state index < -0.39 is 11.6 Å². The summed E-state index contributed by atoms with van der Waals surface area (Å²) in [6.45, 7) is 0. The Kier molecular flexibility index (Phi) is 2.55. The normalized spacial score (nSPS) is 10.3. The van der Waals surface area contributed by atoms with Gasteiger partial charge in [0.25, 0.3) is 0 Å². The fourth-order valence-electron chi connectivity index (χ4n) is 1.25. The number of nitrogens with zero attached hydrogens (tertiary/aromatic N) is 1. The number of benzene rings is 1. The molecule has 0 aliphatic heterocycles. The molecule has 76 valence electrons. The van der Waals surface area contributed by atoms with Gasteiger partial charge >= 0.3 is 0 Å². The van der Waals surface area contributed by atoms with E-state index in [2.05, 4.69) is 10.2 Å². The second-order valence-electron chi connectivity index (χ2n) is 2.96. The SMILES string of the molecule is Fc1ccc(-c2cn[nH]c(=S)c2)c(F)c1. The van der Waals surface area contributed by atoms with E-state index >= 15 is 0 Å². The number of nitrogens with one attached hydrogen (secondary N) is 1. The zero-order valence-electron chi connectivity index (χ0n) is 7.50. The molecule has 2 nitrogen and oxygen atoms in total. The number of halogens is 2. The quantitative estimate of drug-likeness (QED) is 0.754. The van der Waals surface area contributed by atoms with Crippen molar-refractivity contribution in [3.8, 4) is 11.1 Å². The van der Waals surface area contributed by atoms with Crippen LogP contribution >= 0.6 is 12.2 Å². The van der Waals surface area contributed by atoms with Crippen LogP contribution in [0, 0.1) is 16.3 Å². The molecule has 0 aliphatic rings. The van der Waals surface area contributed by atoms with Crippen LogP contribution in [0.15, 0.2) is 30.5 Å². The molecular weight excluding hydrogens is 218 g/mol. The van der Waals surface area contributed by atoms with Gasteiger partial charge in [0, 0.05) is 17.2 Å². The van der Waals surface area contributed by atoms with Gasteiger partial charge in [0.05, 0.1) is 6.20 Å². The van der Waals surface area contributed by atoms with Crippen LogP contribution < -0.4 is 0 Å². The minimum absolute atomic E-state index is 0.281. The smallest absolute Gasteiger partial charge is 0.133 e. The highest BCUT2D eigenvalue weighted by Crippen LogP contribution is 2.22. The monoisotopic (exact) mass is 224 g/mol. The van der Waals surface area contributed by atoms with Crippen LogP contribution in [-0.4, -0.2) is 10.2 Å². The Balaban J connectivity index is 2.59. The summed E-state index contributed by atoms with van der Waals surface area (Å²) in [6.07, 6.45) is 1.44. The Morgan fingerprint density at radius 1 is 1.20 bits per heavy atom. The molecule has 2 rings (SSSR count). The minimum Gasteiger partial charge on any atom is -0.268 e. The van der Waals surface area contributed by atoms with Crippen molar-refractivity contribution in [2.75, 3.05) is 0 Å². The van der Waals surface area contributed by atoms with Gasteiger partial charge in [0.2, 0.25) is 0 Å². The van der Waals surface area contributed by atoms with Gasteiger partial charge in [-0.1, -0.05) is 12.2 Å². The summed E-state index contributed by atoms with van der Waals surface area (Å²) in [5.74, 6) is -1.23. The van der Waals surface area contributed by atoms with Crippen molar-refractivity contribution < 1.29 is 8.78 Å². The minimum atomic E-state index is -0.627. The molecule has 0 bridgehead atoms. The lowest BCUT2D eigenvalue weighted by molar-refractivity contribution is 0.585. The first-order valence-corrected chi connectivity index (χ1v) is 4.58. The number of aromatic nitrogens is 2. The molecule has 1 aromatic heterocycles. The summed E-state index contributed by atoms with van der Waals surface area (Å²) in [6, 6.07) is 4.95. The first kappa shape index (κ1) is 9.92. The van der Waals surface area contributed by atoms with Gasteiger partial charge < -0.3 is 0 Å². The first-order chi connectivity index (χ1) is 7.16. The third-order valence-corrected chi connectivity index (χ3v) is 2.12. The summed E-state index contributed by atoms with van der Waals surface area (Å²) in [4.78, 5) is 0. The van der Waals surface area contributed by atoms with Crippen molar-refractivity contribution in [1.29, 1.82) is 0 Å². The zero-order valence-corrected chi connectivity index (χ0v) is 8.31. The fraction of sp³-hybridized carbons (Fsp3) is 0. The Morgan fingerprint density at radius 2 is 2.00 bits per heavy atom. The number of hydrogen-bond acceptors (Lipinski definition) is 2. The van der Waals surface area contributed by atoms with Gasteiger partial charge in [0.15, 0.2) is 0 Å². The van der Waals surface area contributed by atoms with Crippen molar-refractivity contribution in [3.05, 3.63) is 46.7 Å². The molecule has 0 saturated heterocycles. The van der Waals surface area contributed by atoms with E-state index in [9.17, 15) is 8.78 Å². The summed E-state index contributed by atoms with van der Waals surface area (Å²) >= 11 is 4.85. The Bertz CT molecular complexity index is 551. The third kappa shape index (κ3) is 2.07. The molecule has 15 heavy (non-hydrogen) atoms. The van der Waals surface area contributed by atoms with Crippen molar-refractivity contribution in [1.82, 2.24) is 10.2 Å². The Hall–Kier alpha value is -1.62. The van der Waals surface area contributed by atoms with Gasteiger partial charge in [-0.25, -0.2) is 8.78 Å². The van der Waals surface area contributed by atoms with Crippen molar-refractivity contribution in [2.24, 2.45) is 0 Å². The fourth-order valence-corrected chi connectivity index (χ4v) is 1.43. The van der Waals surface area contributed by atoms with Crippen molar-refractivity contribution >= 4 is 12.2 Å². The van der Waals surface area contributed by atoms with Gasteiger partial charge in [-0.05, 0) is 18.2 Å². The topological polar surface area (TPSA) is 28.7 Å². The van der Waals surface area contributed by atoms with E-state index in [0.717, 1.165) is 6.07 Å². The molecule has 1 heterocycles. The average molecular weight is 224 g/mol. The molecule has 0 amide bonds. The van der Waals surface area contributed by atoms with Crippen LogP contribution in [0.5, 0.6) is 0 Å². The van der Waals surface area contributed by atoms with E-state index in [1.807, 2.05) is 0 Å². The predicted octanol–water partition coefficient (Wildman–Crippen LogP) is 3.08. The van der Waals surface area contributed by atoms with E-state index in [1.54, 1.807) is 6.07 Å². The Labute approximate surface area is 89.6 Å². The van der Waals surface area contributed by atoms with Crippen molar-refractivity contribution in [2.45, 2.75) is 0 Å². The summed E-state index contributed by atoms with van der Waals surface area (Å²) in [5, 5.41) is 6.28. The van der Waals surface area contributed by atoms with E-state index in [-0.39, 0.29) is 5.56 Å². The molecular formula is C10H6F2N2S. The molecule has 0 aliphatic carbocycles. The number of H-pyrrole nitrogens is 1. The average Bonchev–Trinajstić information content (AvgIpc) is 2.17. The van der Waals surface area contributed by atoms with Crippen LogP contribution in [-0.2, 0) is 0 Å². The van der Waals surface area contributed by atoms with Crippen LogP contribution in [0.1, 0.15) is 0 Å². The molecule has 2 aromatic rings. The van der Waals surface area contributed by atoms with E-state index in [4.69, 9.17) is 12.2 Å². The number of aromatic amines is 1. The van der Waals surface area contributed by atoms with Gasteiger partial charge in [-0.15, -0.1) is 0 Å². The lowest BCUT2D eigenvalue weighted by atomic mass is 10.1. The second kappa shape index (κ2) is 3.86. The molecule has 1 aromatic carbocycles. The molecule has 5 heteroatoms. The molecule has 0 radical (unpaired) electrons. The summed E-state index contributed by atoms with van der Waals surface area (Å²) < 4.78 is 26.4. The molecule has 1 N–H and O–H groups in total. The Morgan fingerprint density at radius 3 is 2.67 bits per heavy atom. The van der Waals surface area contributed by atoms with E-state index in [0.29, 0.717) is 10.2 Å². The van der Waals surface area contributed by atoms with Crippen LogP contribution in [0.2, 0.25) is 0 Å². The molecule has 0 saturated carbocycles. The zero-order chi connectivity index (χ0) is 10.8. The highest BCUT2D eigenvalue weighted by Gasteiger charge is 2.06. The van der Waals surface area contributed by atoms with Crippen molar-refractivity contribution in [3.63, 3.8) is 0 Å². The predicted molar refractivity (Wildman–Crippen MR) is 54.8 cm³/mol. The molecule has 0 spiro atoms. The molecule has 0 unspecified atom stereocenters. The second-order valence-corrected chi connectivity index (χ2v) is 3.40. The summed E-state index contributed by atoms with van der Waals surface area (Å²) in [7, 11) is 0. The number of hydrogen-bond donors (Lipinski definition) is 1. The van der Waals surface area contributed by atoms with Crippen LogP contribution in [0.3, 0.4) is 0 Å². The highest BCUT2D eigenvalue weighted by atomic mass is 32.1. The van der Waals surface area contributed by atoms with Crippen LogP contribution in [0.4, 0.5) is 8.78 Å². The lowest BCUT2D eigenvalue weighted by Crippen LogP contribution is -1.89. The van der Waals surface area contributed by atoms with Gasteiger partial charge in [0.1, 0.15) is 16.3 Å². The third-order valence-electron chi connectivity index (χ3n) is 1.91. The standard InChI is InChI=1S/C10H6F2N2S/c11-7-1-2-8(9(12)4-7)6-3-10(15)14-13-5-6/h1-5H,(H,14,15). The largest absolute Gasteiger partial charge is 0.268 e. The molecule has 0 atom stereocenters. The lowest BCUT2D eigenvalue weighted by Gasteiger charge is -2.02. The van der Waals surface area contributed by atoms with Crippen LogP contribution in [0.25, 0.3) is 11.1 Å². The summed E-state index contributed by atoms with van der Waals surface area (Å²) in [5.41, 5.74) is 0.806.